The Labute approximate surface area is 274 Å². The van der Waals surface area contributed by atoms with E-state index in [9.17, 15) is 56.9 Å². The minimum atomic E-state index is -4.95. The second-order valence-corrected chi connectivity index (χ2v) is 11.5. The third-order valence-corrected chi connectivity index (χ3v) is 7.99. The van der Waals surface area contributed by atoms with Crippen molar-refractivity contribution in [1.82, 2.24) is 0 Å². The highest BCUT2D eigenvalue weighted by Crippen LogP contribution is 2.39. The Morgan fingerprint density at radius 3 is 1.44 bits per heavy atom. The fraction of sp³-hybridized carbons (Fsp3) is 0.364. The maximum atomic E-state index is 12.3. The Morgan fingerprint density at radius 1 is 0.667 bits per heavy atom. The van der Waals surface area contributed by atoms with Gasteiger partial charge in [0.05, 0.1) is 52.9 Å². The van der Waals surface area contributed by atoms with E-state index in [1.165, 1.54) is 0 Å². The standard InChI is InChI=1S/C10H6Cl2F6N2OS.C10H6Cl2F6N2S.2CH4/c11-4-1-5(12)7(22(21)3-9(13,14)15)2-6(4)20-8(19)10(16,17)18;11-4-1-5(12)7(21-3-9(13,14)15)2-6(4)20-8(19)10(16,17)18;;/h1-2H,3H2,(H2,19,20);1-2H,3H2,(H2,19,20);2*1H4. The van der Waals surface area contributed by atoms with E-state index in [0.717, 1.165) is 18.2 Å². The van der Waals surface area contributed by atoms with Crippen molar-refractivity contribution < 1.29 is 56.9 Å². The smallest absolute Gasteiger partial charge is 0.380 e. The van der Waals surface area contributed by atoms with E-state index >= 15 is 0 Å². The highest BCUT2D eigenvalue weighted by atomic mass is 35.5. The predicted molar refractivity (Wildman–Crippen MR) is 155 cm³/mol. The SMILES string of the molecule is C.C.NC(=Nc1cc(S(=O)CC(F)(F)F)c(Cl)cc1Cl)C(F)(F)F.NC(=Nc1cc(SCC(F)(F)F)c(Cl)cc1Cl)C(F)(F)F. The van der Waals surface area contributed by atoms with E-state index in [-0.39, 0.29) is 34.8 Å². The summed E-state index contributed by atoms with van der Waals surface area (Å²) in [6.45, 7) is 0. The summed E-state index contributed by atoms with van der Waals surface area (Å²) in [6.07, 6.45) is -19.0. The number of nitrogens with zero attached hydrogens (tertiary/aromatic N) is 2. The Balaban J connectivity index is 0. The first-order valence-corrected chi connectivity index (χ1v) is 14.0. The van der Waals surface area contributed by atoms with Gasteiger partial charge in [-0.25, -0.2) is 9.98 Å². The second kappa shape index (κ2) is 17.4. The highest BCUT2D eigenvalue weighted by molar-refractivity contribution is 7.99. The van der Waals surface area contributed by atoms with Crippen LogP contribution in [-0.4, -0.2) is 52.1 Å². The van der Waals surface area contributed by atoms with Gasteiger partial charge in [0.2, 0.25) is 11.7 Å². The molecule has 2 aromatic carbocycles. The molecule has 2 aromatic rings. The van der Waals surface area contributed by atoms with Crippen LogP contribution >= 0.6 is 58.2 Å². The Bertz CT molecular complexity index is 1400. The molecule has 45 heavy (non-hydrogen) atoms. The molecule has 0 aliphatic carbocycles. The van der Waals surface area contributed by atoms with Crippen LogP contribution in [0.15, 0.2) is 44.0 Å². The van der Waals surface area contributed by atoms with Crippen molar-refractivity contribution in [3.05, 3.63) is 44.4 Å². The van der Waals surface area contributed by atoms with Crippen LogP contribution in [0.4, 0.5) is 64.1 Å². The molecule has 5 nitrogen and oxygen atoms in total. The molecule has 0 bridgehead atoms. The quantitative estimate of drug-likeness (QED) is 0.132. The molecule has 0 heterocycles. The largest absolute Gasteiger partial charge is 0.448 e. The molecule has 0 aromatic heterocycles. The zero-order valence-electron chi connectivity index (χ0n) is 20.0. The summed E-state index contributed by atoms with van der Waals surface area (Å²) in [5.74, 6) is -6.40. The second-order valence-electron chi connectivity index (χ2n) is 7.47. The summed E-state index contributed by atoms with van der Waals surface area (Å²) in [4.78, 5) is 5.39. The van der Waals surface area contributed by atoms with Crippen molar-refractivity contribution in [2.24, 2.45) is 21.5 Å². The summed E-state index contributed by atoms with van der Waals surface area (Å²) < 4.78 is 158. The van der Waals surface area contributed by atoms with Gasteiger partial charge in [0, 0.05) is 4.90 Å². The minimum Gasteiger partial charge on any atom is -0.380 e. The molecule has 258 valence electrons. The molecular formula is C22H20Cl4F12N4OS2. The maximum Gasteiger partial charge on any atom is 0.448 e. The molecule has 0 spiro atoms. The van der Waals surface area contributed by atoms with Gasteiger partial charge in [0.1, 0.15) is 5.75 Å². The number of thioether (sulfide) groups is 1. The van der Waals surface area contributed by atoms with Crippen molar-refractivity contribution in [3.8, 4) is 0 Å². The van der Waals surface area contributed by atoms with Gasteiger partial charge >= 0.3 is 24.7 Å². The van der Waals surface area contributed by atoms with Crippen molar-refractivity contribution in [2.75, 3.05) is 11.5 Å². The average molecular weight is 790 g/mol. The molecule has 4 N–H and O–H groups in total. The topological polar surface area (TPSA) is 93.8 Å². The number of aliphatic imine (C=N–C) groups is 2. The number of benzene rings is 2. The van der Waals surface area contributed by atoms with Crippen molar-refractivity contribution >= 4 is 92.0 Å². The van der Waals surface area contributed by atoms with Crippen LogP contribution in [0.1, 0.15) is 14.9 Å². The van der Waals surface area contributed by atoms with Crippen LogP contribution in [0.2, 0.25) is 20.1 Å². The van der Waals surface area contributed by atoms with Gasteiger partial charge < -0.3 is 11.5 Å². The number of alkyl halides is 12. The van der Waals surface area contributed by atoms with Gasteiger partial charge in [0.15, 0.2) is 0 Å². The van der Waals surface area contributed by atoms with E-state index in [0.29, 0.717) is 17.8 Å². The minimum absolute atomic E-state index is 0. The van der Waals surface area contributed by atoms with Gasteiger partial charge in [-0.1, -0.05) is 61.3 Å². The lowest BCUT2D eigenvalue weighted by atomic mass is 10.3. The average Bonchev–Trinajstić information content (AvgIpc) is 2.79. The number of hydrogen-bond donors (Lipinski definition) is 2. The molecule has 0 aliphatic rings. The molecular weight excluding hydrogens is 770 g/mol. The zero-order chi connectivity index (χ0) is 33.7. The predicted octanol–water partition coefficient (Wildman–Crippen LogP) is 10.7. The molecule has 0 aliphatic heterocycles. The highest BCUT2D eigenvalue weighted by Gasteiger charge is 2.35. The van der Waals surface area contributed by atoms with Crippen molar-refractivity contribution in [2.45, 2.75) is 49.3 Å². The van der Waals surface area contributed by atoms with E-state index in [4.69, 9.17) is 57.9 Å². The lowest BCUT2D eigenvalue weighted by Crippen LogP contribution is -2.30. The lowest BCUT2D eigenvalue weighted by Gasteiger charge is -2.10. The zero-order valence-corrected chi connectivity index (χ0v) is 24.7. The first-order valence-electron chi connectivity index (χ1n) is 10.2. The van der Waals surface area contributed by atoms with Crippen LogP contribution in [0.5, 0.6) is 0 Å². The number of nitrogens with two attached hydrogens (primary N) is 2. The monoisotopic (exact) mass is 788 g/mol. The van der Waals surface area contributed by atoms with Gasteiger partial charge in [-0.15, -0.1) is 11.8 Å². The first-order chi connectivity index (χ1) is 19.2. The van der Waals surface area contributed by atoms with Crippen LogP contribution in [-0.2, 0) is 10.8 Å². The summed E-state index contributed by atoms with van der Waals surface area (Å²) in [7, 11) is -2.63. The van der Waals surface area contributed by atoms with Gasteiger partial charge in [-0.3, -0.25) is 4.21 Å². The number of hydrogen-bond acceptors (Lipinski definition) is 4. The van der Waals surface area contributed by atoms with E-state index < -0.39 is 80.0 Å². The van der Waals surface area contributed by atoms with Crippen molar-refractivity contribution in [1.29, 1.82) is 0 Å². The maximum absolute atomic E-state index is 12.3. The van der Waals surface area contributed by atoms with Crippen LogP contribution in [0.25, 0.3) is 0 Å². The van der Waals surface area contributed by atoms with Crippen LogP contribution < -0.4 is 11.5 Å². The molecule has 0 saturated carbocycles. The molecule has 0 amide bonds. The summed E-state index contributed by atoms with van der Waals surface area (Å²) >= 11 is 22.8. The van der Waals surface area contributed by atoms with Crippen molar-refractivity contribution in [3.63, 3.8) is 0 Å². The van der Waals surface area contributed by atoms with Gasteiger partial charge in [-0.2, -0.15) is 52.7 Å². The molecule has 0 fully saturated rings. The number of halogens is 16. The molecule has 0 saturated heterocycles. The number of amidine groups is 2. The summed E-state index contributed by atoms with van der Waals surface area (Å²) in [6, 6.07) is 3.43. The summed E-state index contributed by atoms with van der Waals surface area (Å²) in [5.41, 5.74) is 8.42. The molecule has 1 unspecified atom stereocenters. The third kappa shape index (κ3) is 16.0. The van der Waals surface area contributed by atoms with Crippen LogP contribution in [0.3, 0.4) is 0 Å². The van der Waals surface area contributed by atoms with Crippen LogP contribution in [0, 0.1) is 0 Å². The molecule has 1 atom stereocenters. The molecule has 2 rings (SSSR count). The van der Waals surface area contributed by atoms with Gasteiger partial charge in [0.25, 0.3) is 0 Å². The Morgan fingerprint density at radius 2 is 1.07 bits per heavy atom. The first kappa shape index (κ1) is 45.3. The number of rotatable bonds is 6. The van der Waals surface area contributed by atoms with E-state index in [1.807, 2.05) is 0 Å². The Hall–Kier alpha value is -1.80. The van der Waals surface area contributed by atoms with E-state index in [1.54, 1.807) is 0 Å². The third-order valence-electron chi connectivity index (χ3n) is 4.00. The normalized spacial score (nSPS) is 13.7. The fourth-order valence-corrected chi connectivity index (χ4v) is 5.22. The molecule has 23 heteroatoms. The lowest BCUT2D eigenvalue weighted by molar-refractivity contribution is -0.106. The fourth-order valence-electron chi connectivity index (χ4n) is 2.27. The van der Waals surface area contributed by atoms with Gasteiger partial charge in [-0.05, 0) is 24.3 Å². The summed E-state index contributed by atoms with van der Waals surface area (Å²) in [5, 5.41) is -1.16. The molecule has 0 radical (unpaired) electrons. The Kier molecular flexibility index (Phi) is 17.5. The van der Waals surface area contributed by atoms with E-state index in [2.05, 4.69) is 9.98 Å².